The highest BCUT2D eigenvalue weighted by atomic mass is 79.9. The van der Waals surface area contributed by atoms with E-state index in [-0.39, 0.29) is 47.3 Å². The van der Waals surface area contributed by atoms with Gasteiger partial charge in [-0.1, -0.05) is 27.3 Å². The number of carbonyl (C=O) groups is 1. The molecule has 13 nitrogen and oxygen atoms in total. The van der Waals surface area contributed by atoms with Crippen molar-refractivity contribution in [3.8, 4) is 12.1 Å². The maximum absolute atomic E-state index is 13.6. The first-order valence-corrected chi connectivity index (χ1v) is 14.7. The number of nitriles is 2. The number of aromatic nitrogens is 1. The number of halogens is 1. The second-order valence-electron chi connectivity index (χ2n) is 8.15. The van der Waals surface area contributed by atoms with Crippen molar-refractivity contribution in [1.29, 1.82) is 10.5 Å². The van der Waals surface area contributed by atoms with Gasteiger partial charge in [-0.25, -0.2) is 13.4 Å². The van der Waals surface area contributed by atoms with E-state index in [0.717, 1.165) is 30.8 Å². The molecule has 0 spiro atoms. The molecule has 0 N–H and O–H groups in total. The first kappa shape index (κ1) is 29.5. The molecular formula is C25H18BrN7O6S2. The van der Waals surface area contributed by atoms with Crippen molar-refractivity contribution in [2.75, 3.05) is 18.1 Å². The predicted molar refractivity (Wildman–Crippen MR) is 153 cm³/mol. The SMILES string of the molecule is N#CCCN(CCC#N)S(=O)(=O)c1ccc(C(=O)N(/N=C/c2ccc([N+](=O)[O-])o2)c2nc3ccc(Br)cc3s2)cc1. The molecule has 0 saturated carbocycles. The summed E-state index contributed by atoms with van der Waals surface area (Å²) in [5.41, 5.74) is 0.679. The summed E-state index contributed by atoms with van der Waals surface area (Å²) < 4.78 is 34.0. The summed E-state index contributed by atoms with van der Waals surface area (Å²) in [4.78, 5) is 28.2. The molecule has 4 aromatic rings. The number of nitrogens with zero attached hydrogens (tertiary/aromatic N) is 7. The van der Waals surface area contributed by atoms with Crippen LogP contribution in [0.25, 0.3) is 10.2 Å². The Kier molecular flexibility index (Phi) is 9.21. The number of hydrogen-bond acceptors (Lipinski definition) is 11. The number of carbonyl (C=O) groups excluding carboxylic acids is 1. The number of amides is 1. The second-order valence-corrected chi connectivity index (χ2v) is 12.0. The Labute approximate surface area is 245 Å². The summed E-state index contributed by atoms with van der Waals surface area (Å²) in [5.74, 6) is -1.13. The van der Waals surface area contributed by atoms with Crippen molar-refractivity contribution in [2.45, 2.75) is 17.7 Å². The van der Waals surface area contributed by atoms with Gasteiger partial charge in [0.25, 0.3) is 5.91 Å². The normalized spacial score (nSPS) is 11.5. The van der Waals surface area contributed by atoms with Gasteiger partial charge in [-0.2, -0.15) is 24.9 Å². The lowest BCUT2D eigenvalue weighted by molar-refractivity contribution is -0.402. The molecule has 0 aliphatic heterocycles. The fourth-order valence-corrected chi connectivity index (χ4v) is 6.45. The van der Waals surface area contributed by atoms with Crippen molar-refractivity contribution in [2.24, 2.45) is 5.10 Å². The van der Waals surface area contributed by atoms with E-state index in [0.29, 0.717) is 5.52 Å². The molecule has 0 aliphatic carbocycles. The summed E-state index contributed by atoms with van der Waals surface area (Å²) in [6, 6.07) is 16.8. The van der Waals surface area contributed by atoms with Crippen LogP contribution in [0.4, 0.5) is 11.0 Å². The van der Waals surface area contributed by atoms with Crippen molar-refractivity contribution < 1.29 is 22.6 Å². The van der Waals surface area contributed by atoms with Gasteiger partial charge >= 0.3 is 5.88 Å². The van der Waals surface area contributed by atoms with Gasteiger partial charge in [-0.3, -0.25) is 14.9 Å². The zero-order valence-corrected chi connectivity index (χ0v) is 24.1. The third kappa shape index (κ3) is 6.82. The molecule has 0 fully saturated rings. The van der Waals surface area contributed by atoms with Crippen LogP contribution in [-0.2, 0) is 10.0 Å². The molecule has 41 heavy (non-hydrogen) atoms. The lowest BCUT2D eigenvalue weighted by Crippen LogP contribution is -2.33. The van der Waals surface area contributed by atoms with Crippen LogP contribution in [0.3, 0.4) is 0 Å². The molecule has 1 amide bonds. The molecule has 208 valence electrons. The first-order chi connectivity index (χ1) is 19.6. The molecule has 0 saturated heterocycles. The Morgan fingerprint density at radius 1 is 1.12 bits per heavy atom. The number of nitro groups is 1. The summed E-state index contributed by atoms with van der Waals surface area (Å²) >= 11 is 4.57. The Bertz CT molecular complexity index is 1800. The van der Waals surface area contributed by atoms with E-state index in [1.807, 2.05) is 18.2 Å². The zero-order chi connectivity index (χ0) is 29.6. The number of anilines is 1. The smallest absolute Gasteiger partial charge is 0.400 e. The Balaban J connectivity index is 1.68. The van der Waals surface area contributed by atoms with Crippen LogP contribution in [0.5, 0.6) is 0 Å². The number of rotatable bonds is 11. The minimum atomic E-state index is -4.04. The molecule has 16 heteroatoms. The number of benzene rings is 2. The van der Waals surface area contributed by atoms with Crippen LogP contribution in [0, 0.1) is 32.8 Å². The summed E-state index contributed by atoms with van der Waals surface area (Å²) in [6.45, 7) is -0.162. The molecule has 2 aromatic carbocycles. The molecule has 0 aliphatic rings. The topological polar surface area (TPSA) is 187 Å². The van der Waals surface area contributed by atoms with Gasteiger partial charge in [-0.15, -0.1) is 0 Å². The van der Waals surface area contributed by atoms with Crippen LogP contribution in [0.2, 0.25) is 0 Å². The molecule has 4 rings (SSSR count). The lowest BCUT2D eigenvalue weighted by Gasteiger charge is -2.20. The van der Waals surface area contributed by atoms with Crippen molar-refractivity contribution in [1.82, 2.24) is 9.29 Å². The van der Waals surface area contributed by atoms with Crippen LogP contribution in [0.1, 0.15) is 29.0 Å². The van der Waals surface area contributed by atoms with Gasteiger partial charge in [0.05, 0.1) is 39.5 Å². The monoisotopic (exact) mass is 655 g/mol. The highest BCUT2D eigenvalue weighted by Crippen LogP contribution is 2.32. The standard InChI is InChI=1S/C25H18BrN7O6S2/c26-18-5-9-21-22(15-18)40-25(30-21)32(29-16-19-6-10-23(39-19)33(35)36)24(34)17-3-7-20(8-4-17)41(37,38)31(13-1-11-27)14-2-12-28/h3-10,15-16H,1-2,13-14H2/b29-16+. The van der Waals surface area contributed by atoms with Crippen LogP contribution in [-0.4, -0.2) is 47.8 Å². The Hall–Kier alpha value is -4.48. The third-order valence-electron chi connectivity index (χ3n) is 5.49. The number of furan rings is 1. The minimum absolute atomic E-state index is 0.0228. The van der Waals surface area contributed by atoms with E-state index in [4.69, 9.17) is 14.9 Å². The van der Waals surface area contributed by atoms with Gasteiger partial charge in [0, 0.05) is 36.0 Å². The summed E-state index contributed by atoms with van der Waals surface area (Å²) in [6.07, 6.45) is 1.03. The van der Waals surface area contributed by atoms with E-state index in [2.05, 4.69) is 26.0 Å². The van der Waals surface area contributed by atoms with Crippen LogP contribution >= 0.6 is 27.3 Å². The molecule has 2 aromatic heterocycles. The fraction of sp³-hybridized carbons (Fsp3) is 0.160. The maximum atomic E-state index is 13.6. The summed E-state index contributed by atoms with van der Waals surface area (Å²) in [7, 11) is -4.04. The van der Waals surface area contributed by atoms with Crippen molar-refractivity contribution >= 4 is 70.6 Å². The molecule has 0 unspecified atom stereocenters. The van der Waals surface area contributed by atoms with Gasteiger partial charge in [0.2, 0.25) is 15.2 Å². The molecule has 0 radical (unpaired) electrons. The van der Waals surface area contributed by atoms with Gasteiger partial charge in [0.1, 0.15) is 4.92 Å². The number of hydrazone groups is 1. The summed E-state index contributed by atoms with van der Waals surface area (Å²) in [5, 5.41) is 34.1. The van der Waals surface area contributed by atoms with Crippen molar-refractivity contribution in [3.05, 3.63) is 80.5 Å². The Morgan fingerprint density at radius 3 is 2.41 bits per heavy atom. The highest BCUT2D eigenvalue weighted by molar-refractivity contribution is 9.10. The quantitative estimate of drug-likeness (QED) is 0.121. The number of sulfonamides is 1. The number of fused-ring (bicyclic) bond motifs is 1. The van der Waals surface area contributed by atoms with Crippen LogP contribution in [0.15, 0.2) is 73.5 Å². The molecule has 2 heterocycles. The minimum Gasteiger partial charge on any atom is -0.400 e. The first-order valence-electron chi connectivity index (χ1n) is 11.7. The molecule has 0 atom stereocenters. The number of thiazole rings is 1. The molecular weight excluding hydrogens is 638 g/mol. The second kappa shape index (κ2) is 12.8. The Morgan fingerprint density at radius 2 is 1.80 bits per heavy atom. The maximum Gasteiger partial charge on any atom is 0.433 e. The van der Waals surface area contributed by atoms with Gasteiger partial charge in [-0.05, 0) is 48.5 Å². The zero-order valence-electron chi connectivity index (χ0n) is 20.9. The van der Waals surface area contributed by atoms with E-state index in [9.17, 15) is 23.3 Å². The number of hydrogen-bond donors (Lipinski definition) is 0. The van der Waals surface area contributed by atoms with E-state index in [1.54, 1.807) is 12.1 Å². The van der Waals surface area contributed by atoms with Crippen molar-refractivity contribution in [3.63, 3.8) is 0 Å². The average molecular weight is 657 g/mol. The van der Waals surface area contributed by atoms with Gasteiger partial charge in [0.15, 0.2) is 5.76 Å². The van der Waals surface area contributed by atoms with E-state index in [1.165, 1.54) is 41.7 Å². The largest absolute Gasteiger partial charge is 0.433 e. The van der Waals surface area contributed by atoms with E-state index < -0.39 is 26.7 Å². The fourth-order valence-electron chi connectivity index (χ4n) is 3.53. The lowest BCUT2D eigenvalue weighted by atomic mass is 10.2. The van der Waals surface area contributed by atoms with E-state index >= 15 is 0 Å². The molecule has 0 bridgehead atoms. The predicted octanol–water partition coefficient (Wildman–Crippen LogP) is 5.06. The van der Waals surface area contributed by atoms with Crippen LogP contribution < -0.4 is 5.01 Å². The average Bonchev–Trinajstić information content (AvgIpc) is 3.60. The third-order valence-corrected chi connectivity index (χ3v) is 8.89. The highest BCUT2D eigenvalue weighted by Gasteiger charge is 2.26. The van der Waals surface area contributed by atoms with Gasteiger partial charge < -0.3 is 4.42 Å².